The van der Waals surface area contributed by atoms with Crippen LogP contribution in [0.2, 0.25) is 0 Å². The van der Waals surface area contributed by atoms with Crippen LogP contribution in [-0.2, 0) is 9.53 Å². The third-order valence-electron chi connectivity index (χ3n) is 4.31. The zero-order chi connectivity index (χ0) is 18.5. The lowest BCUT2D eigenvalue weighted by Crippen LogP contribution is -2.34. The summed E-state index contributed by atoms with van der Waals surface area (Å²) in [7, 11) is 3.46. The third kappa shape index (κ3) is 5.86. The Hall–Kier alpha value is -1.75. The maximum absolute atomic E-state index is 11.9. The van der Waals surface area contributed by atoms with E-state index in [4.69, 9.17) is 19.9 Å². The smallest absolute Gasteiger partial charge is 0.251 e. The summed E-state index contributed by atoms with van der Waals surface area (Å²) < 4.78 is 17.0. The topological polar surface area (TPSA) is 98.4 Å². The number of hydrogen-bond acceptors (Lipinski definition) is 5. The van der Waals surface area contributed by atoms with Crippen molar-refractivity contribution in [2.24, 2.45) is 10.7 Å². The lowest BCUT2D eigenvalue weighted by Gasteiger charge is -2.16. The largest absolute Gasteiger partial charge is 0.490 e. The van der Waals surface area contributed by atoms with E-state index in [9.17, 15) is 4.79 Å². The van der Waals surface area contributed by atoms with Crippen molar-refractivity contribution in [2.45, 2.75) is 31.5 Å². The zero-order valence-electron chi connectivity index (χ0n) is 15.6. The maximum Gasteiger partial charge on any atom is 0.251 e. The number of rotatable bonds is 4. The number of likely N-dealkylation sites (N-methyl/N-ethyl adjacent to an activating group) is 1. The number of nitrogens with one attached hydrogen (secondary N) is 1. The van der Waals surface area contributed by atoms with Gasteiger partial charge in [0.1, 0.15) is 6.10 Å². The molecule has 1 aromatic rings. The van der Waals surface area contributed by atoms with Crippen LogP contribution in [0.5, 0.6) is 11.5 Å². The lowest BCUT2D eigenvalue weighted by molar-refractivity contribution is -0.140. The van der Waals surface area contributed by atoms with Crippen LogP contribution < -0.4 is 20.5 Å². The quantitative estimate of drug-likeness (QED) is 0.380. The van der Waals surface area contributed by atoms with Gasteiger partial charge in [-0.05, 0) is 25.0 Å². The van der Waals surface area contributed by atoms with E-state index in [0.29, 0.717) is 37.9 Å². The van der Waals surface area contributed by atoms with Gasteiger partial charge in [-0.15, -0.1) is 24.0 Å². The highest BCUT2D eigenvalue weighted by molar-refractivity contribution is 14.0. The van der Waals surface area contributed by atoms with Gasteiger partial charge in [0.2, 0.25) is 0 Å². The summed E-state index contributed by atoms with van der Waals surface area (Å²) in [4.78, 5) is 17.8. The van der Waals surface area contributed by atoms with Crippen molar-refractivity contribution in [3.63, 3.8) is 0 Å². The Morgan fingerprint density at radius 2 is 2.00 bits per heavy atom. The van der Waals surface area contributed by atoms with E-state index in [2.05, 4.69) is 10.3 Å². The number of carbonyl (C=O) groups excluding carboxylic acids is 1. The zero-order valence-corrected chi connectivity index (χ0v) is 18.0. The maximum atomic E-state index is 11.9. The van der Waals surface area contributed by atoms with Crippen LogP contribution in [0.1, 0.15) is 19.3 Å². The van der Waals surface area contributed by atoms with Crippen LogP contribution in [0.25, 0.3) is 0 Å². The van der Waals surface area contributed by atoms with Crippen LogP contribution >= 0.6 is 24.0 Å². The molecule has 0 bridgehead atoms. The summed E-state index contributed by atoms with van der Waals surface area (Å²) in [6.45, 7) is 1.70. The number of hydrogen-bond donors (Lipinski definition) is 2. The fourth-order valence-electron chi connectivity index (χ4n) is 2.94. The highest BCUT2D eigenvalue weighted by Crippen LogP contribution is 2.32. The number of ether oxygens (including phenoxy) is 3. The van der Waals surface area contributed by atoms with Crippen LogP contribution in [0.3, 0.4) is 0 Å². The van der Waals surface area contributed by atoms with E-state index >= 15 is 0 Å². The second kappa shape index (κ2) is 9.98. The Morgan fingerprint density at radius 1 is 1.26 bits per heavy atom. The first-order valence-corrected chi connectivity index (χ1v) is 8.86. The molecule has 150 valence electrons. The van der Waals surface area contributed by atoms with Gasteiger partial charge in [-0.3, -0.25) is 9.79 Å². The Balaban J connectivity index is 0.00000261. The highest BCUT2D eigenvalue weighted by Gasteiger charge is 2.31. The van der Waals surface area contributed by atoms with Crippen molar-refractivity contribution in [1.82, 2.24) is 4.90 Å². The van der Waals surface area contributed by atoms with Crippen LogP contribution in [0.4, 0.5) is 5.69 Å². The number of nitrogens with two attached hydrogens (primary N) is 1. The van der Waals surface area contributed by atoms with Gasteiger partial charge < -0.3 is 30.2 Å². The van der Waals surface area contributed by atoms with Crippen LogP contribution in [-0.4, -0.2) is 62.8 Å². The highest BCUT2D eigenvalue weighted by atomic mass is 127. The molecule has 1 aromatic carbocycles. The van der Waals surface area contributed by atoms with Crippen molar-refractivity contribution in [3.05, 3.63) is 18.2 Å². The summed E-state index contributed by atoms with van der Waals surface area (Å²) in [6, 6.07) is 5.57. The Bertz CT molecular complexity index is 683. The van der Waals surface area contributed by atoms with E-state index in [-0.39, 0.29) is 42.1 Å². The minimum Gasteiger partial charge on any atom is -0.490 e. The van der Waals surface area contributed by atoms with Gasteiger partial charge in [-0.2, -0.15) is 0 Å². The number of anilines is 1. The number of halogens is 1. The SMILES string of the molecule is CN(C)C(=O)C1CCC(CN=C(N)Nc2ccc3c(c2)OCCCO3)O1.I. The van der Waals surface area contributed by atoms with Gasteiger partial charge in [-0.1, -0.05) is 0 Å². The first-order chi connectivity index (χ1) is 12.5. The van der Waals surface area contributed by atoms with Crippen molar-refractivity contribution >= 4 is 41.5 Å². The predicted molar refractivity (Wildman–Crippen MR) is 114 cm³/mol. The monoisotopic (exact) mass is 490 g/mol. The van der Waals surface area contributed by atoms with Crippen molar-refractivity contribution in [2.75, 3.05) is 39.2 Å². The molecule has 3 rings (SSSR count). The molecule has 0 spiro atoms. The van der Waals surface area contributed by atoms with Crippen LogP contribution in [0, 0.1) is 0 Å². The Morgan fingerprint density at radius 3 is 2.74 bits per heavy atom. The number of aliphatic imine (C=N–C) groups is 1. The van der Waals surface area contributed by atoms with Gasteiger partial charge in [0.15, 0.2) is 17.5 Å². The Labute approximate surface area is 176 Å². The van der Waals surface area contributed by atoms with E-state index < -0.39 is 0 Å². The van der Waals surface area contributed by atoms with E-state index in [1.165, 1.54) is 0 Å². The summed E-state index contributed by atoms with van der Waals surface area (Å²) >= 11 is 0. The number of amides is 1. The molecule has 0 saturated carbocycles. The molecule has 2 atom stereocenters. The fraction of sp³-hybridized carbons (Fsp3) is 0.556. The van der Waals surface area contributed by atoms with E-state index in [1.807, 2.05) is 18.2 Å². The molecule has 0 aromatic heterocycles. The molecule has 2 heterocycles. The van der Waals surface area contributed by atoms with E-state index in [1.54, 1.807) is 19.0 Å². The number of benzene rings is 1. The standard InChI is InChI=1S/C18H26N4O4.HI/c1-22(2)17(23)15-7-5-13(26-15)11-20-18(19)21-12-4-6-14-16(10-12)25-9-3-8-24-14;/h4,6,10,13,15H,3,5,7-9,11H2,1-2H3,(H3,19,20,21);1H. The second-order valence-corrected chi connectivity index (χ2v) is 6.62. The number of nitrogens with zero attached hydrogens (tertiary/aromatic N) is 2. The van der Waals surface area contributed by atoms with Crippen molar-refractivity contribution in [1.29, 1.82) is 0 Å². The fourth-order valence-corrected chi connectivity index (χ4v) is 2.94. The van der Waals surface area contributed by atoms with Gasteiger partial charge in [-0.25, -0.2) is 0 Å². The minimum atomic E-state index is -0.374. The molecule has 1 fully saturated rings. The van der Waals surface area contributed by atoms with E-state index in [0.717, 1.165) is 24.3 Å². The minimum absolute atomic E-state index is 0. The molecule has 0 aliphatic carbocycles. The molecule has 0 radical (unpaired) electrons. The summed E-state index contributed by atoms with van der Waals surface area (Å²) in [5, 5.41) is 3.05. The molecule has 1 amide bonds. The van der Waals surface area contributed by atoms with Crippen molar-refractivity contribution < 1.29 is 19.0 Å². The number of guanidine groups is 1. The summed E-state index contributed by atoms with van der Waals surface area (Å²) in [5.41, 5.74) is 6.75. The molecule has 8 nitrogen and oxygen atoms in total. The summed E-state index contributed by atoms with van der Waals surface area (Å²) in [5.74, 6) is 1.73. The molecule has 3 N–H and O–H groups in total. The summed E-state index contributed by atoms with van der Waals surface area (Å²) in [6.07, 6.45) is 1.91. The van der Waals surface area contributed by atoms with Gasteiger partial charge in [0, 0.05) is 32.3 Å². The van der Waals surface area contributed by atoms with Gasteiger partial charge in [0.25, 0.3) is 5.91 Å². The normalized spacial score (nSPS) is 21.8. The first kappa shape index (κ1) is 21.5. The second-order valence-electron chi connectivity index (χ2n) is 6.62. The molecular weight excluding hydrogens is 463 g/mol. The van der Waals surface area contributed by atoms with Crippen molar-refractivity contribution in [3.8, 4) is 11.5 Å². The Kier molecular flexibility index (Phi) is 7.96. The average Bonchev–Trinajstić information content (AvgIpc) is 2.97. The molecule has 2 unspecified atom stereocenters. The van der Waals surface area contributed by atoms with Gasteiger partial charge in [0.05, 0.1) is 25.9 Å². The first-order valence-electron chi connectivity index (χ1n) is 8.86. The molecule has 2 aliphatic heterocycles. The third-order valence-corrected chi connectivity index (χ3v) is 4.31. The molecular formula is C18H27IN4O4. The lowest BCUT2D eigenvalue weighted by atomic mass is 10.2. The molecule has 9 heteroatoms. The predicted octanol–water partition coefficient (Wildman–Crippen LogP) is 1.83. The molecule has 27 heavy (non-hydrogen) atoms. The average molecular weight is 490 g/mol. The van der Waals surface area contributed by atoms with Gasteiger partial charge >= 0.3 is 0 Å². The number of fused-ring (bicyclic) bond motifs is 1. The van der Waals surface area contributed by atoms with Crippen LogP contribution in [0.15, 0.2) is 23.2 Å². The number of carbonyl (C=O) groups is 1. The molecule has 2 aliphatic rings. The molecule has 1 saturated heterocycles.